The molecule has 0 atom stereocenters. The Hall–Kier alpha value is -0.330. The summed E-state index contributed by atoms with van der Waals surface area (Å²) < 4.78 is 0. The quantitative estimate of drug-likeness (QED) is 0.555. The predicted octanol–water partition coefficient (Wildman–Crippen LogP) is 3.83. The molecule has 0 aliphatic rings. The van der Waals surface area contributed by atoms with Crippen LogP contribution in [0.25, 0.3) is 0 Å². The molecule has 1 heteroatoms. The van der Waals surface area contributed by atoms with E-state index in [2.05, 4.69) is 39.6 Å². The fraction of sp³-hybridized carbons (Fsp3) is 0.909. The van der Waals surface area contributed by atoms with Crippen LogP contribution in [-0.4, -0.2) is 11.3 Å². The highest BCUT2D eigenvalue weighted by atomic mass is 14.8. The second kappa shape index (κ2) is 5.34. The van der Waals surface area contributed by atoms with E-state index >= 15 is 0 Å². The highest BCUT2D eigenvalue weighted by molar-refractivity contribution is 5.82. The van der Waals surface area contributed by atoms with Gasteiger partial charge in [0, 0.05) is 5.71 Å². The Morgan fingerprint density at radius 1 is 1.25 bits per heavy atom. The molecule has 0 saturated heterocycles. The minimum absolute atomic E-state index is 0.151. The van der Waals surface area contributed by atoms with Crippen molar-refractivity contribution in [3.8, 4) is 0 Å². The molecular weight excluding hydrogens is 146 g/mol. The summed E-state index contributed by atoms with van der Waals surface area (Å²) in [5, 5.41) is 0. The van der Waals surface area contributed by atoms with Crippen LogP contribution in [0.15, 0.2) is 4.99 Å². The van der Waals surface area contributed by atoms with Crippen molar-refractivity contribution >= 4 is 5.71 Å². The van der Waals surface area contributed by atoms with Crippen LogP contribution >= 0.6 is 0 Å². The SMILES string of the molecule is CCCC/C(C)=N\C(C)(C)CC. The molecule has 0 aromatic heterocycles. The van der Waals surface area contributed by atoms with E-state index in [4.69, 9.17) is 0 Å². The molecule has 0 N–H and O–H groups in total. The molecule has 0 aromatic carbocycles. The van der Waals surface area contributed by atoms with Crippen molar-refractivity contribution in [2.75, 3.05) is 0 Å². The minimum Gasteiger partial charge on any atom is -0.288 e. The zero-order valence-electron chi connectivity index (χ0n) is 9.28. The van der Waals surface area contributed by atoms with Gasteiger partial charge in [0.2, 0.25) is 0 Å². The fourth-order valence-corrected chi connectivity index (χ4v) is 1.08. The van der Waals surface area contributed by atoms with Crippen LogP contribution in [0.4, 0.5) is 0 Å². The normalized spacial score (nSPS) is 13.6. The molecule has 0 fully saturated rings. The molecule has 12 heavy (non-hydrogen) atoms. The summed E-state index contributed by atoms with van der Waals surface area (Å²) in [5.41, 5.74) is 1.46. The summed E-state index contributed by atoms with van der Waals surface area (Å²) in [6, 6.07) is 0. The Kier molecular flexibility index (Phi) is 5.19. The first-order chi connectivity index (χ1) is 5.52. The van der Waals surface area contributed by atoms with E-state index in [0.29, 0.717) is 0 Å². The van der Waals surface area contributed by atoms with Gasteiger partial charge in [0.15, 0.2) is 0 Å². The standard InChI is InChI=1S/C11H23N/c1-6-8-9-10(3)12-11(4,5)7-2/h6-9H2,1-5H3/b12-10-. The smallest absolute Gasteiger partial charge is 0.0548 e. The van der Waals surface area contributed by atoms with Crippen molar-refractivity contribution in [3.63, 3.8) is 0 Å². The molecule has 0 heterocycles. The van der Waals surface area contributed by atoms with Gasteiger partial charge >= 0.3 is 0 Å². The summed E-state index contributed by atoms with van der Waals surface area (Å²) in [6.07, 6.45) is 4.82. The maximum Gasteiger partial charge on any atom is 0.0548 e. The van der Waals surface area contributed by atoms with E-state index in [-0.39, 0.29) is 5.54 Å². The molecule has 72 valence electrons. The molecule has 0 saturated carbocycles. The first kappa shape index (κ1) is 11.7. The summed E-state index contributed by atoms with van der Waals surface area (Å²) in [6.45, 7) is 11.0. The van der Waals surface area contributed by atoms with Gasteiger partial charge in [-0.25, -0.2) is 0 Å². The van der Waals surface area contributed by atoms with Gasteiger partial charge in [-0.1, -0.05) is 20.3 Å². The second-order valence-corrected chi connectivity index (χ2v) is 4.12. The second-order valence-electron chi connectivity index (χ2n) is 4.12. The Bertz CT molecular complexity index is 145. The lowest BCUT2D eigenvalue weighted by atomic mass is 10.0. The van der Waals surface area contributed by atoms with Gasteiger partial charge in [0.05, 0.1) is 5.54 Å². The van der Waals surface area contributed by atoms with Crippen LogP contribution in [0.1, 0.15) is 60.3 Å². The Morgan fingerprint density at radius 2 is 1.83 bits per heavy atom. The molecule has 1 nitrogen and oxygen atoms in total. The Morgan fingerprint density at radius 3 is 2.25 bits per heavy atom. The lowest BCUT2D eigenvalue weighted by molar-refractivity contribution is 0.503. The van der Waals surface area contributed by atoms with Crippen LogP contribution in [0.2, 0.25) is 0 Å². The van der Waals surface area contributed by atoms with E-state index in [1.54, 1.807) is 0 Å². The van der Waals surface area contributed by atoms with Crippen LogP contribution in [0.5, 0.6) is 0 Å². The molecule has 0 aromatic rings. The largest absolute Gasteiger partial charge is 0.288 e. The molecule has 0 rings (SSSR count). The molecule has 0 spiro atoms. The van der Waals surface area contributed by atoms with Crippen LogP contribution in [0, 0.1) is 0 Å². The first-order valence-electron chi connectivity index (χ1n) is 5.07. The third-order valence-electron chi connectivity index (χ3n) is 2.25. The van der Waals surface area contributed by atoms with E-state index in [1.165, 1.54) is 25.0 Å². The van der Waals surface area contributed by atoms with Crippen molar-refractivity contribution in [2.24, 2.45) is 4.99 Å². The first-order valence-corrected chi connectivity index (χ1v) is 5.07. The van der Waals surface area contributed by atoms with Crippen molar-refractivity contribution < 1.29 is 0 Å². The summed E-state index contributed by atoms with van der Waals surface area (Å²) in [7, 11) is 0. The molecule has 0 aliphatic heterocycles. The molecule has 0 amide bonds. The van der Waals surface area contributed by atoms with Gasteiger partial charge in [-0.2, -0.15) is 0 Å². The molecule has 0 bridgehead atoms. The topological polar surface area (TPSA) is 12.4 Å². The monoisotopic (exact) mass is 169 g/mol. The van der Waals surface area contributed by atoms with Crippen LogP contribution in [-0.2, 0) is 0 Å². The van der Waals surface area contributed by atoms with Crippen molar-refractivity contribution in [1.82, 2.24) is 0 Å². The molecule has 0 aliphatic carbocycles. The molecular formula is C11H23N. The highest BCUT2D eigenvalue weighted by Gasteiger charge is 2.12. The lowest BCUT2D eigenvalue weighted by Crippen LogP contribution is -2.16. The number of hydrogen-bond acceptors (Lipinski definition) is 1. The summed E-state index contributed by atoms with van der Waals surface area (Å²) >= 11 is 0. The van der Waals surface area contributed by atoms with Gasteiger partial charge in [-0.05, 0) is 40.0 Å². The number of aliphatic imine (C=N–C) groups is 1. The van der Waals surface area contributed by atoms with Gasteiger partial charge in [-0.3, -0.25) is 4.99 Å². The van der Waals surface area contributed by atoms with E-state index in [1.807, 2.05) is 0 Å². The van der Waals surface area contributed by atoms with Crippen molar-refractivity contribution in [1.29, 1.82) is 0 Å². The average Bonchev–Trinajstić information content (AvgIpc) is 2.00. The number of nitrogens with zero attached hydrogens (tertiary/aromatic N) is 1. The third-order valence-corrected chi connectivity index (χ3v) is 2.25. The Labute approximate surface area is 77.3 Å². The highest BCUT2D eigenvalue weighted by Crippen LogP contribution is 2.14. The van der Waals surface area contributed by atoms with Gasteiger partial charge in [0.25, 0.3) is 0 Å². The van der Waals surface area contributed by atoms with Crippen molar-refractivity contribution in [2.45, 2.75) is 65.8 Å². The lowest BCUT2D eigenvalue weighted by Gasteiger charge is -2.18. The summed E-state index contributed by atoms with van der Waals surface area (Å²) in [5.74, 6) is 0. The maximum absolute atomic E-state index is 4.68. The van der Waals surface area contributed by atoms with E-state index in [9.17, 15) is 0 Å². The molecule has 0 unspecified atom stereocenters. The third kappa shape index (κ3) is 5.34. The fourth-order valence-electron chi connectivity index (χ4n) is 1.08. The zero-order valence-corrected chi connectivity index (χ0v) is 9.28. The van der Waals surface area contributed by atoms with Gasteiger partial charge < -0.3 is 0 Å². The van der Waals surface area contributed by atoms with Crippen LogP contribution < -0.4 is 0 Å². The van der Waals surface area contributed by atoms with Crippen LogP contribution in [0.3, 0.4) is 0 Å². The van der Waals surface area contributed by atoms with E-state index < -0.39 is 0 Å². The molecule has 0 radical (unpaired) electrons. The predicted molar refractivity (Wildman–Crippen MR) is 57.0 cm³/mol. The number of hydrogen-bond donors (Lipinski definition) is 0. The zero-order chi connectivity index (χ0) is 9.61. The minimum atomic E-state index is 0.151. The maximum atomic E-state index is 4.68. The van der Waals surface area contributed by atoms with E-state index in [0.717, 1.165) is 6.42 Å². The van der Waals surface area contributed by atoms with Gasteiger partial charge in [0.1, 0.15) is 0 Å². The Balaban J connectivity index is 3.96. The number of rotatable bonds is 5. The number of unbranched alkanes of at least 4 members (excludes halogenated alkanes) is 1. The van der Waals surface area contributed by atoms with Gasteiger partial charge in [-0.15, -0.1) is 0 Å². The summed E-state index contributed by atoms with van der Waals surface area (Å²) in [4.78, 5) is 4.68. The average molecular weight is 169 g/mol. The van der Waals surface area contributed by atoms with Crippen molar-refractivity contribution in [3.05, 3.63) is 0 Å².